The van der Waals surface area contributed by atoms with Gasteiger partial charge in [0.05, 0.1) is 6.26 Å². The number of nitrogens with one attached hydrogen (secondary N) is 2. The Morgan fingerprint density at radius 2 is 1.80 bits per heavy atom. The van der Waals surface area contributed by atoms with Gasteiger partial charge in [-0.05, 0) is 50.2 Å². The number of furan rings is 1. The fourth-order valence-electron chi connectivity index (χ4n) is 1.84. The molecule has 25 heavy (non-hydrogen) atoms. The zero-order valence-electron chi connectivity index (χ0n) is 13.6. The molecule has 0 fully saturated rings. The number of hydrogen-bond donors (Lipinski definition) is 2. The van der Waals surface area contributed by atoms with Crippen molar-refractivity contribution < 1.29 is 23.5 Å². The van der Waals surface area contributed by atoms with Crippen molar-refractivity contribution in [1.82, 2.24) is 5.32 Å². The van der Waals surface area contributed by atoms with Crippen LogP contribution in [0, 0.1) is 0 Å². The molecule has 2 aromatic rings. The number of carbonyl (C=O) groups is 3. The molecule has 132 valence electrons. The van der Waals surface area contributed by atoms with Gasteiger partial charge in [-0.1, -0.05) is 11.6 Å². The Morgan fingerprint density at radius 3 is 2.40 bits per heavy atom. The van der Waals surface area contributed by atoms with Gasteiger partial charge in [0.2, 0.25) is 0 Å². The van der Waals surface area contributed by atoms with E-state index < -0.39 is 29.9 Å². The normalized spacial score (nSPS) is 12.8. The number of ether oxygens (including phenoxy) is 1. The fourth-order valence-corrected chi connectivity index (χ4v) is 1.97. The second-order valence-corrected chi connectivity index (χ2v) is 5.68. The van der Waals surface area contributed by atoms with Crippen LogP contribution in [0.25, 0.3) is 0 Å². The van der Waals surface area contributed by atoms with E-state index in [1.807, 2.05) is 0 Å². The van der Waals surface area contributed by atoms with Gasteiger partial charge in [-0.3, -0.25) is 9.59 Å². The first-order valence-electron chi connectivity index (χ1n) is 7.48. The number of benzene rings is 1. The molecule has 2 N–H and O–H groups in total. The molecular weight excluding hydrogens is 348 g/mol. The summed E-state index contributed by atoms with van der Waals surface area (Å²) < 4.78 is 10.00. The monoisotopic (exact) mass is 364 g/mol. The van der Waals surface area contributed by atoms with Crippen LogP contribution in [0.1, 0.15) is 24.4 Å². The molecule has 0 aliphatic rings. The van der Waals surface area contributed by atoms with E-state index >= 15 is 0 Å². The summed E-state index contributed by atoms with van der Waals surface area (Å²) in [4.78, 5) is 35.8. The lowest BCUT2D eigenvalue weighted by atomic mass is 10.3. The fraction of sp³-hybridized carbons (Fsp3) is 0.235. The Bertz CT molecular complexity index is 743. The molecule has 8 heteroatoms. The summed E-state index contributed by atoms with van der Waals surface area (Å²) in [5.41, 5.74) is 0.525. The molecule has 2 rings (SSSR count). The van der Waals surface area contributed by atoms with Crippen molar-refractivity contribution in [3.63, 3.8) is 0 Å². The molecule has 0 radical (unpaired) electrons. The van der Waals surface area contributed by atoms with Gasteiger partial charge in [0.15, 0.2) is 11.9 Å². The quantitative estimate of drug-likeness (QED) is 0.768. The molecule has 0 bridgehead atoms. The van der Waals surface area contributed by atoms with Gasteiger partial charge in [0.25, 0.3) is 11.8 Å². The van der Waals surface area contributed by atoms with Crippen LogP contribution >= 0.6 is 11.6 Å². The van der Waals surface area contributed by atoms with Crippen molar-refractivity contribution in [1.29, 1.82) is 0 Å². The molecule has 1 aromatic heterocycles. The van der Waals surface area contributed by atoms with E-state index in [2.05, 4.69) is 10.6 Å². The smallest absolute Gasteiger partial charge is 0.329 e. The summed E-state index contributed by atoms with van der Waals surface area (Å²) in [7, 11) is 0. The number of anilines is 1. The third kappa shape index (κ3) is 5.36. The minimum absolute atomic E-state index is 0.0770. The highest BCUT2D eigenvalue weighted by Crippen LogP contribution is 2.14. The van der Waals surface area contributed by atoms with Crippen LogP contribution in [0.15, 0.2) is 47.1 Å². The summed E-state index contributed by atoms with van der Waals surface area (Å²) in [5.74, 6) is -1.71. The molecule has 7 nitrogen and oxygen atoms in total. The lowest BCUT2D eigenvalue weighted by Gasteiger charge is -2.17. The van der Waals surface area contributed by atoms with Crippen molar-refractivity contribution in [2.45, 2.75) is 26.0 Å². The molecule has 0 saturated heterocycles. The summed E-state index contributed by atoms with van der Waals surface area (Å²) in [6.07, 6.45) is 0.312. The Balaban J connectivity index is 1.84. The lowest BCUT2D eigenvalue weighted by Crippen LogP contribution is -2.42. The van der Waals surface area contributed by atoms with Crippen LogP contribution in [0.2, 0.25) is 5.02 Å². The molecule has 0 aliphatic carbocycles. The van der Waals surface area contributed by atoms with Crippen LogP contribution in [0.4, 0.5) is 5.69 Å². The van der Waals surface area contributed by atoms with Gasteiger partial charge in [0.1, 0.15) is 6.04 Å². The van der Waals surface area contributed by atoms with Crippen molar-refractivity contribution in [3.05, 3.63) is 53.4 Å². The molecule has 0 unspecified atom stereocenters. The average molecular weight is 365 g/mol. The molecule has 0 aliphatic heterocycles. The van der Waals surface area contributed by atoms with E-state index in [0.717, 1.165) is 0 Å². The van der Waals surface area contributed by atoms with E-state index in [-0.39, 0.29) is 5.76 Å². The molecule has 1 heterocycles. The van der Waals surface area contributed by atoms with Crippen molar-refractivity contribution >= 4 is 35.1 Å². The van der Waals surface area contributed by atoms with Crippen LogP contribution in [0.5, 0.6) is 0 Å². The number of carbonyl (C=O) groups excluding carboxylic acids is 3. The maximum absolute atomic E-state index is 12.0. The Morgan fingerprint density at radius 1 is 1.12 bits per heavy atom. The summed E-state index contributed by atoms with van der Waals surface area (Å²) in [5, 5.41) is 5.57. The van der Waals surface area contributed by atoms with E-state index in [1.165, 1.54) is 26.2 Å². The third-order valence-electron chi connectivity index (χ3n) is 3.22. The highest BCUT2D eigenvalue weighted by molar-refractivity contribution is 6.30. The SMILES string of the molecule is C[C@H](NC(=O)c1ccco1)C(=O)O[C@H](C)C(=O)Nc1ccc(Cl)cc1. The Hall–Kier alpha value is -2.80. The van der Waals surface area contributed by atoms with E-state index in [4.69, 9.17) is 20.8 Å². The Labute approximate surface area is 149 Å². The standard InChI is InChI=1S/C17H17ClN2O5/c1-10(19-16(22)14-4-3-9-24-14)17(23)25-11(2)15(21)20-13-7-5-12(18)6-8-13/h3-11H,1-2H3,(H,19,22)(H,20,21)/t10-,11+/m0/s1. The molecule has 0 spiro atoms. The van der Waals surface area contributed by atoms with Gasteiger partial charge in [0, 0.05) is 10.7 Å². The van der Waals surface area contributed by atoms with Gasteiger partial charge < -0.3 is 19.8 Å². The zero-order valence-corrected chi connectivity index (χ0v) is 14.4. The summed E-state index contributed by atoms with van der Waals surface area (Å²) in [6.45, 7) is 2.89. The highest BCUT2D eigenvalue weighted by Gasteiger charge is 2.24. The van der Waals surface area contributed by atoms with E-state index in [0.29, 0.717) is 10.7 Å². The highest BCUT2D eigenvalue weighted by atomic mass is 35.5. The molecule has 2 amide bonds. The second-order valence-electron chi connectivity index (χ2n) is 5.25. The molecular formula is C17H17ClN2O5. The zero-order chi connectivity index (χ0) is 18.4. The number of hydrogen-bond acceptors (Lipinski definition) is 5. The first kappa shape index (κ1) is 18.5. The first-order chi connectivity index (χ1) is 11.9. The van der Waals surface area contributed by atoms with Gasteiger partial charge in [-0.25, -0.2) is 4.79 Å². The minimum atomic E-state index is -1.04. The second kappa shape index (κ2) is 8.34. The van der Waals surface area contributed by atoms with Gasteiger partial charge in [-0.2, -0.15) is 0 Å². The number of rotatable bonds is 6. The number of amides is 2. The average Bonchev–Trinajstić information content (AvgIpc) is 3.11. The van der Waals surface area contributed by atoms with Crippen LogP contribution in [-0.2, 0) is 14.3 Å². The summed E-state index contributed by atoms with van der Waals surface area (Å²) >= 11 is 5.77. The molecule has 2 atom stereocenters. The first-order valence-corrected chi connectivity index (χ1v) is 7.86. The van der Waals surface area contributed by atoms with Crippen molar-refractivity contribution in [2.75, 3.05) is 5.32 Å². The van der Waals surface area contributed by atoms with Gasteiger partial charge in [-0.15, -0.1) is 0 Å². The summed E-state index contributed by atoms with van der Waals surface area (Å²) in [6, 6.07) is 8.59. The predicted octanol–water partition coefficient (Wildman–Crippen LogP) is 2.62. The molecule has 0 saturated carbocycles. The van der Waals surface area contributed by atoms with E-state index in [1.54, 1.807) is 30.3 Å². The lowest BCUT2D eigenvalue weighted by molar-refractivity contribution is -0.154. The Kier molecular flexibility index (Phi) is 6.19. The predicted molar refractivity (Wildman–Crippen MR) is 91.3 cm³/mol. The van der Waals surface area contributed by atoms with E-state index in [9.17, 15) is 14.4 Å². The third-order valence-corrected chi connectivity index (χ3v) is 3.47. The van der Waals surface area contributed by atoms with Crippen LogP contribution < -0.4 is 10.6 Å². The van der Waals surface area contributed by atoms with Gasteiger partial charge >= 0.3 is 5.97 Å². The number of halogens is 1. The van der Waals surface area contributed by atoms with Crippen LogP contribution in [0.3, 0.4) is 0 Å². The topological polar surface area (TPSA) is 97.6 Å². The van der Waals surface area contributed by atoms with Crippen molar-refractivity contribution in [2.24, 2.45) is 0 Å². The van der Waals surface area contributed by atoms with Crippen LogP contribution in [-0.4, -0.2) is 29.9 Å². The minimum Gasteiger partial charge on any atom is -0.459 e. The molecule has 1 aromatic carbocycles. The van der Waals surface area contributed by atoms with Crippen molar-refractivity contribution in [3.8, 4) is 0 Å². The maximum Gasteiger partial charge on any atom is 0.329 e. The number of esters is 1. The largest absolute Gasteiger partial charge is 0.459 e. The maximum atomic E-state index is 12.0.